The minimum absolute atomic E-state index is 0.0364. The lowest BCUT2D eigenvalue weighted by molar-refractivity contribution is -0.143. The summed E-state index contributed by atoms with van der Waals surface area (Å²) in [5, 5.41) is 2.44. The van der Waals surface area contributed by atoms with Crippen molar-refractivity contribution in [2.45, 2.75) is 19.0 Å². The number of hydrogen-bond acceptors (Lipinski definition) is 3. The third-order valence-corrected chi connectivity index (χ3v) is 2.53. The molecule has 1 rings (SSSR count). The van der Waals surface area contributed by atoms with Crippen molar-refractivity contribution in [2.24, 2.45) is 0 Å². The number of carbonyl (C=O) groups excluding carboxylic acids is 2. The van der Waals surface area contributed by atoms with Gasteiger partial charge < -0.3 is 14.6 Å². The predicted octanol–water partition coefficient (Wildman–Crippen LogP) is 1.81. The van der Waals surface area contributed by atoms with Crippen LogP contribution < -0.4 is 5.32 Å². The van der Waals surface area contributed by atoms with Crippen LogP contribution in [0.15, 0.2) is 22.8 Å². The minimum atomic E-state index is -4.29. The third kappa shape index (κ3) is 5.77. The number of alkyl halides is 3. The Kier molecular flexibility index (Phi) is 5.60. The van der Waals surface area contributed by atoms with Crippen molar-refractivity contribution in [1.29, 1.82) is 0 Å². The molecule has 0 unspecified atom stereocenters. The number of amides is 2. The molecule has 0 saturated heterocycles. The first-order chi connectivity index (χ1) is 9.29. The molecule has 2 amide bonds. The lowest BCUT2D eigenvalue weighted by atomic mass is 10.3. The molecule has 1 aromatic heterocycles. The molecule has 1 aromatic rings. The summed E-state index contributed by atoms with van der Waals surface area (Å²) >= 11 is 0. The Bertz CT molecular complexity index is 443. The summed E-state index contributed by atoms with van der Waals surface area (Å²) in [5.74, 6) is -0.822. The summed E-state index contributed by atoms with van der Waals surface area (Å²) in [6, 6.07) is 3.01. The summed E-state index contributed by atoms with van der Waals surface area (Å²) in [7, 11) is 1.29. The monoisotopic (exact) mass is 292 g/mol. The molecule has 1 N–H and O–H groups in total. The molecule has 1 heterocycles. The van der Waals surface area contributed by atoms with Crippen molar-refractivity contribution in [2.75, 3.05) is 20.1 Å². The Labute approximate surface area is 113 Å². The van der Waals surface area contributed by atoms with E-state index in [-0.39, 0.29) is 18.7 Å². The quantitative estimate of drug-likeness (QED) is 0.869. The molecular formula is C12H15F3N2O3. The van der Waals surface area contributed by atoms with Gasteiger partial charge in [-0.2, -0.15) is 13.2 Å². The fraction of sp³-hybridized carbons (Fsp3) is 0.500. The molecule has 20 heavy (non-hydrogen) atoms. The van der Waals surface area contributed by atoms with E-state index in [9.17, 15) is 22.8 Å². The van der Waals surface area contributed by atoms with Gasteiger partial charge in [0.15, 0.2) is 5.76 Å². The van der Waals surface area contributed by atoms with E-state index in [4.69, 9.17) is 4.42 Å². The number of furan rings is 1. The second kappa shape index (κ2) is 6.97. The van der Waals surface area contributed by atoms with E-state index < -0.39 is 31.0 Å². The minimum Gasteiger partial charge on any atom is -0.459 e. The number of carbonyl (C=O) groups is 2. The molecule has 5 nitrogen and oxygen atoms in total. The van der Waals surface area contributed by atoms with Gasteiger partial charge in [0, 0.05) is 26.6 Å². The zero-order valence-corrected chi connectivity index (χ0v) is 10.9. The molecule has 0 radical (unpaired) electrons. The summed E-state index contributed by atoms with van der Waals surface area (Å²) in [4.78, 5) is 23.9. The number of nitrogens with one attached hydrogen (secondary N) is 1. The lowest BCUT2D eigenvalue weighted by Crippen LogP contribution is -2.34. The summed E-state index contributed by atoms with van der Waals surface area (Å²) in [5.41, 5.74) is 0. The lowest BCUT2D eigenvalue weighted by Gasteiger charge is -2.18. The highest BCUT2D eigenvalue weighted by molar-refractivity contribution is 5.91. The van der Waals surface area contributed by atoms with Crippen molar-refractivity contribution >= 4 is 11.8 Å². The molecule has 0 aliphatic carbocycles. The topological polar surface area (TPSA) is 62.6 Å². The van der Waals surface area contributed by atoms with Gasteiger partial charge in [0.25, 0.3) is 5.91 Å². The maximum absolute atomic E-state index is 12.0. The van der Waals surface area contributed by atoms with Crippen LogP contribution in [0, 0.1) is 0 Å². The molecule has 0 aliphatic heterocycles. The predicted molar refractivity (Wildman–Crippen MR) is 64.0 cm³/mol. The Morgan fingerprint density at radius 3 is 2.65 bits per heavy atom. The smallest absolute Gasteiger partial charge is 0.390 e. The second-order valence-electron chi connectivity index (χ2n) is 4.16. The van der Waals surface area contributed by atoms with Gasteiger partial charge >= 0.3 is 6.18 Å². The van der Waals surface area contributed by atoms with Crippen LogP contribution in [0.2, 0.25) is 0 Å². The Balaban J connectivity index is 2.24. The van der Waals surface area contributed by atoms with Gasteiger partial charge in [-0.25, -0.2) is 0 Å². The standard InChI is InChI=1S/C12H15F3N2O3/c1-17(7-5-12(13,14)15)10(18)4-6-16-11(19)9-3-2-8-20-9/h2-3,8H,4-7H2,1H3,(H,16,19). The molecule has 8 heteroatoms. The molecule has 0 atom stereocenters. The van der Waals surface area contributed by atoms with Crippen LogP contribution in [0.5, 0.6) is 0 Å². The van der Waals surface area contributed by atoms with Crippen LogP contribution in [0.4, 0.5) is 13.2 Å². The van der Waals surface area contributed by atoms with Crippen molar-refractivity contribution in [1.82, 2.24) is 10.2 Å². The van der Waals surface area contributed by atoms with E-state index in [1.807, 2.05) is 0 Å². The van der Waals surface area contributed by atoms with Crippen LogP contribution in [0.25, 0.3) is 0 Å². The van der Waals surface area contributed by atoms with Gasteiger partial charge in [0.05, 0.1) is 12.7 Å². The first kappa shape index (κ1) is 16.1. The van der Waals surface area contributed by atoms with Gasteiger partial charge in [0.1, 0.15) is 0 Å². The highest BCUT2D eigenvalue weighted by Gasteiger charge is 2.27. The highest BCUT2D eigenvalue weighted by atomic mass is 19.4. The maximum Gasteiger partial charge on any atom is 0.390 e. The van der Waals surface area contributed by atoms with Crippen LogP contribution in [0.1, 0.15) is 23.4 Å². The Hall–Kier alpha value is -1.99. The maximum atomic E-state index is 12.0. The highest BCUT2D eigenvalue weighted by Crippen LogP contribution is 2.19. The fourth-order valence-electron chi connectivity index (χ4n) is 1.39. The van der Waals surface area contributed by atoms with E-state index in [1.54, 1.807) is 6.07 Å². The second-order valence-corrected chi connectivity index (χ2v) is 4.16. The van der Waals surface area contributed by atoms with Crippen molar-refractivity contribution in [3.8, 4) is 0 Å². The van der Waals surface area contributed by atoms with E-state index in [0.29, 0.717) is 0 Å². The zero-order valence-electron chi connectivity index (χ0n) is 10.9. The fourth-order valence-corrected chi connectivity index (χ4v) is 1.39. The molecular weight excluding hydrogens is 277 g/mol. The Morgan fingerprint density at radius 1 is 1.40 bits per heavy atom. The molecule has 0 aliphatic rings. The summed E-state index contributed by atoms with van der Waals surface area (Å²) in [6.07, 6.45) is -4.07. The number of nitrogens with zero attached hydrogens (tertiary/aromatic N) is 1. The average molecular weight is 292 g/mol. The van der Waals surface area contributed by atoms with Gasteiger partial charge in [-0.3, -0.25) is 9.59 Å². The van der Waals surface area contributed by atoms with Gasteiger partial charge in [0.2, 0.25) is 5.91 Å². The molecule has 0 saturated carbocycles. The van der Waals surface area contributed by atoms with Gasteiger partial charge in [-0.15, -0.1) is 0 Å². The van der Waals surface area contributed by atoms with E-state index in [1.165, 1.54) is 19.4 Å². The molecule has 0 bridgehead atoms. The van der Waals surface area contributed by atoms with E-state index in [2.05, 4.69) is 5.32 Å². The molecule has 0 spiro atoms. The average Bonchev–Trinajstić information content (AvgIpc) is 2.88. The molecule has 0 aromatic carbocycles. The first-order valence-electron chi connectivity index (χ1n) is 5.92. The van der Waals surface area contributed by atoms with E-state index >= 15 is 0 Å². The third-order valence-electron chi connectivity index (χ3n) is 2.53. The summed E-state index contributed by atoms with van der Waals surface area (Å²) in [6.45, 7) is -0.358. The zero-order chi connectivity index (χ0) is 15.2. The van der Waals surface area contributed by atoms with Crippen molar-refractivity contribution < 1.29 is 27.2 Å². The van der Waals surface area contributed by atoms with Gasteiger partial charge in [-0.1, -0.05) is 0 Å². The number of halogens is 3. The number of hydrogen-bond donors (Lipinski definition) is 1. The summed E-state index contributed by atoms with van der Waals surface area (Å²) < 4.78 is 40.8. The van der Waals surface area contributed by atoms with Crippen molar-refractivity contribution in [3.05, 3.63) is 24.2 Å². The van der Waals surface area contributed by atoms with Crippen molar-refractivity contribution in [3.63, 3.8) is 0 Å². The van der Waals surface area contributed by atoms with Crippen LogP contribution in [-0.2, 0) is 4.79 Å². The van der Waals surface area contributed by atoms with Crippen LogP contribution >= 0.6 is 0 Å². The molecule has 112 valence electrons. The largest absolute Gasteiger partial charge is 0.459 e. The molecule has 0 fully saturated rings. The first-order valence-corrected chi connectivity index (χ1v) is 5.92. The number of rotatable bonds is 6. The van der Waals surface area contributed by atoms with E-state index in [0.717, 1.165) is 4.90 Å². The van der Waals surface area contributed by atoms with Crippen LogP contribution in [0.3, 0.4) is 0 Å². The Morgan fingerprint density at radius 2 is 2.10 bits per heavy atom. The SMILES string of the molecule is CN(CCC(F)(F)F)C(=O)CCNC(=O)c1ccco1. The van der Waals surface area contributed by atoms with Gasteiger partial charge in [-0.05, 0) is 12.1 Å². The van der Waals surface area contributed by atoms with Crippen LogP contribution in [-0.4, -0.2) is 43.0 Å². The normalized spacial score (nSPS) is 11.2.